The molecule has 0 radical (unpaired) electrons. The molecule has 0 N–H and O–H groups in total. The van der Waals surface area contributed by atoms with Gasteiger partial charge in [0, 0.05) is 25.2 Å². The Labute approximate surface area is 147 Å². The third-order valence-corrected chi connectivity index (χ3v) is 3.15. The van der Waals surface area contributed by atoms with Crippen molar-refractivity contribution in [2.45, 2.75) is 13.3 Å². The lowest BCUT2D eigenvalue weighted by Crippen LogP contribution is -2.36. The summed E-state index contributed by atoms with van der Waals surface area (Å²) in [6.45, 7) is 5.21. The Morgan fingerprint density at radius 1 is 1.33 bits per heavy atom. The smallest absolute Gasteiger partial charge is 0.292 e. The molecule has 1 saturated heterocycles. The number of hydrogen-bond donors (Lipinski definition) is 0. The molecular formula is C16H26N2O5S. The fourth-order valence-corrected chi connectivity index (χ4v) is 2.12. The van der Waals surface area contributed by atoms with Crippen LogP contribution in [0.1, 0.15) is 13.3 Å². The molecule has 1 aromatic rings. The third kappa shape index (κ3) is 6.94. The highest BCUT2D eigenvalue weighted by atomic mass is 32.2. The molecule has 0 aliphatic carbocycles. The van der Waals surface area contributed by atoms with Crippen LogP contribution in [0.3, 0.4) is 0 Å². The molecule has 8 heteroatoms. The Hall–Kier alpha value is -1.51. The third-order valence-electron chi connectivity index (χ3n) is 3.15. The molecule has 0 bridgehead atoms. The summed E-state index contributed by atoms with van der Waals surface area (Å²) < 4.78 is 16.0. The Kier molecular flexibility index (Phi) is 10.2. The van der Waals surface area contributed by atoms with Crippen molar-refractivity contribution in [1.29, 1.82) is 0 Å². The second kappa shape index (κ2) is 11.9. The van der Waals surface area contributed by atoms with Gasteiger partial charge in [0.1, 0.15) is 11.4 Å². The first kappa shape index (κ1) is 20.5. The highest BCUT2D eigenvalue weighted by Gasteiger charge is 2.22. The maximum atomic E-state index is 11.2. The minimum Gasteiger partial charge on any atom is -0.467 e. The van der Waals surface area contributed by atoms with Gasteiger partial charge in [-0.15, -0.1) is 0 Å². The Bertz CT molecular complexity index is 495. The van der Waals surface area contributed by atoms with E-state index < -0.39 is 0 Å². The van der Waals surface area contributed by atoms with Crippen LogP contribution >= 0.6 is 11.8 Å². The predicted octanol–water partition coefficient (Wildman–Crippen LogP) is 3.17. The highest BCUT2D eigenvalue weighted by molar-refractivity contribution is 7.97. The van der Waals surface area contributed by atoms with Crippen molar-refractivity contribution >= 4 is 23.1 Å². The molecule has 136 valence electrons. The van der Waals surface area contributed by atoms with E-state index in [1.165, 1.54) is 6.07 Å². The molecule has 24 heavy (non-hydrogen) atoms. The van der Waals surface area contributed by atoms with Gasteiger partial charge >= 0.3 is 0 Å². The zero-order valence-electron chi connectivity index (χ0n) is 14.5. The number of anilines is 1. The van der Waals surface area contributed by atoms with Crippen LogP contribution < -0.4 is 9.64 Å². The summed E-state index contributed by atoms with van der Waals surface area (Å²) in [6, 6.07) is 4.76. The Morgan fingerprint density at radius 2 is 2.00 bits per heavy atom. The monoisotopic (exact) mass is 358 g/mol. The lowest BCUT2D eigenvalue weighted by Gasteiger charge is -2.28. The number of nitro groups is 1. The fraction of sp³-hybridized carbons (Fsp3) is 0.625. The van der Waals surface area contributed by atoms with Crippen molar-refractivity contribution < 1.29 is 19.1 Å². The molecule has 0 saturated carbocycles. The van der Waals surface area contributed by atoms with Gasteiger partial charge in [-0.25, -0.2) is 0 Å². The average Bonchev–Trinajstić information content (AvgIpc) is 2.60. The zero-order chi connectivity index (χ0) is 17.8. The second-order valence-corrected chi connectivity index (χ2v) is 5.90. The average molecular weight is 358 g/mol. The van der Waals surface area contributed by atoms with Crippen LogP contribution in [0.5, 0.6) is 5.75 Å². The molecule has 1 heterocycles. The van der Waals surface area contributed by atoms with E-state index in [2.05, 4.69) is 0 Å². The van der Waals surface area contributed by atoms with Gasteiger partial charge in [0.05, 0.1) is 24.7 Å². The van der Waals surface area contributed by atoms with E-state index in [0.717, 1.165) is 6.42 Å². The summed E-state index contributed by atoms with van der Waals surface area (Å²) in [4.78, 5) is 12.7. The van der Waals surface area contributed by atoms with Crippen molar-refractivity contribution in [1.82, 2.24) is 0 Å². The molecule has 0 aromatic heterocycles. The number of nitrogens with zero attached hydrogens (tertiary/aromatic N) is 2. The summed E-state index contributed by atoms with van der Waals surface area (Å²) in [5.74, 6) is 0.568. The van der Waals surface area contributed by atoms with Crippen molar-refractivity contribution in [2.24, 2.45) is 0 Å². The van der Waals surface area contributed by atoms with Crippen LogP contribution in [-0.2, 0) is 9.47 Å². The van der Waals surface area contributed by atoms with Gasteiger partial charge in [-0.3, -0.25) is 10.1 Å². The number of benzene rings is 1. The molecular weight excluding hydrogens is 332 g/mol. The van der Waals surface area contributed by atoms with Gasteiger partial charge in [-0.05, 0) is 25.0 Å². The molecule has 1 aromatic carbocycles. The largest absolute Gasteiger partial charge is 0.467 e. The summed E-state index contributed by atoms with van der Waals surface area (Å²) >= 11 is 1.75. The van der Waals surface area contributed by atoms with E-state index in [9.17, 15) is 10.1 Å². The fourth-order valence-electron chi connectivity index (χ4n) is 2.12. The molecule has 2 rings (SSSR count). The molecule has 7 nitrogen and oxygen atoms in total. The van der Waals surface area contributed by atoms with Gasteiger partial charge in [0.25, 0.3) is 5.69 Å². The molecule has 0 unspecified atom stereocenters. The lowest BCUT2D eigenvalue weighted by molar-refractivity contribution is -0.384. The van der Waals surface area contributed by atoms with E-state index in [1.807, 2.05) is 24.3 Å². The van der Waals surface area contributed by atoms with E-state index in [-0.39, 0.29) is 17.4 Å². The first-order valence-electron chi connectivity index (χ1n) is 7.85. The molecule has 0 atom stereocenters. The van der Waals surface area contributed by atoms with Gasteiger partial charge < -0.3 is 19.1 Å². The van der Waals surface area contributed by atoms with E-state index in [1.54, 1.807) is 23.9 Å². The summed E-state index contributed by atoms with van der Waals surface area (Å²) in [6.07, 6.45) is 5.00. The normalized spacial score (nSPS) is 13.9. The van der Waals surface area contributed by atoms with Crippen LogP contribution in [0.4, 0.5) is 11.4 Å². The van der Waals surface area contributed by atoms with E-state index in [0.29, 0.717) is 44.3 Å². The standard InChI is InChI=1S/C14H20N2O5.C2H6S/c1-2-7-20-11-21-12-3-4-13(16(17)18)14(10-12)15-5-8-19-9-6-15;1-3-2/h3-4,10H,2,5-9,11H2,1H3;1-2H3. The molecule has 1 aliphatic heterocycles. The summed E-state index contributed by atoms with van der Waals surface area (Å²) in [5, 5.41) is 11.2. The number of hydrogen-bond acceptors (Lipinski definition) is 7. The molecule has 0 amide bonds. The minimum atomic E-state index is -0.373. The van der Waals surface area contributed by atoms with Crippen molar-refractivity contribution in [3.8, 4) is 5.75 Å². The van der Waals surface area contributed by atoms with Crippen molar-refractivity contribution in [2.75, 3.05) is 57.1 Å². The van der Waals surface area contributed by atoms with Crippen LogP contribution in [0.2, 0.25) is 0 Å². The van der Waals surface area contributed by atoms with Gasteiger partial charge in [0.15, 0.2) is 6.79 Å². The zero-order valence-corrected chi connectivity index (χ0v) is 15.3. The SMILES string of the molecule is CCCOCOc1ccc([N+](=O)[O-])c(N2CCOCC2)c1.CSC. The Morgan fingerprint density at radius 3 is 2.58 bits per heavy atom. The molecule has 0 spiro atoms. The summed E-state index contributed by atoms with van der Waals surface area (Å²) in [7, 11) is 0. The highest BCUT2D eigenvalue weighted by Crippen LogP contribution is 2.32. The summed E-state index contributed by atoms with van der Waals surface area (Å²) in [5.41, 5.74) is 0.648. The number of rotatable bonds is 7. The number of thioether (sulfide) groups is 1. The Balaban J connectivity index is 0.000000891. The van der Waals surface area contributed by atoms with Crippen LogP contribution in [0.25, 0.3) is 0 Å². The topological polar surface area (TPSA) is 74.1 Å². The maximum Gasteiger partial charge on any atom is 0.292 e. The quantitative estimate of drug-likeness (QED) is 0.321. The van der Waals surface area contributed by atoms with E-state index >= 15 is 0 Å². The van der Waals surface area contributed by atoms with Crippen molar-refractivity contribution in [3.63, 3.8) is 0 Å². The maximum absolute atomic E-state index is 11.2. The van der Waals surface area contributed by atoms with Gasteiger partial charge in [0.2, 0.25) is 0 Å². The molecule has 1 aliphatic rings. The number of morpholine rings is 1. The lowest BCUT2D eigenvalue weighted by atomic mass is 10.2. The number of ether oxygens (including phenoxy) is 3. The van der Waals surface area contributed by atoms with E-state index in [4.69, 9.17) is 14.2 Å². The number of nitro benzene ring substituents is 1. The first-order valence-corrected chi connectivity index (χ1v) is 9.49. The van der Waals surface area contributed by atoms with Crippen LogP contribution in [-0.4, -0.2) is 57.1 Å². The van der Waals surface area contributed by atoms with Crippen molar-refractivity contribution in [3.05, 3.63) is 28.3 Å². The molecule has 1 fully saturated rings. The van der Waals surface area contributed by atoms with Gasteiger partial charge in [-0.1, -0.05) is 6.92 Å². The first-order chi connectivity index (χ1) is 11.6. The van der Waals surface area contributed by atoms with Crippen LogP contribution in [0, 0.1) is 10.1 Å². The van der Waals surface area contributed by atoms with Gasteiger partial charge in [-0.2, -0.15) is 11.8 Å². The predicted molar refractivity (Wildman–Crippen MR) is 97.3 cm³/mol. The second-order valence-electron chi connectivity index (χ2n) is 5.09. The minimum absolute atomic E-state index is 0.0822. The van der Waals surface area contributed by atoms with Crippen LogP contribution in [0.15, 0.2) is 18.2 Å².